The molecule has 5 nitrogen and oxygen atoms in total. The highest BCUT2D eigenvalue weighted by atomic mass is 19.2. The molecule has 4 N–H and O–H groups in total. The molecule has 0 heterocycles. The fourth-order valence-electron chi connectivity index (χ4n) is 0.535. The predicted molar refractivity (Wildman–Crippen MR) is 43.1 cm³/mol. The lowest BCUT2D eigenvalue weighted by Crippen LogP contribution is -2.56. The molecule has 6 heteroatoms. The number of aliphatic hydroxyl groups is 1. The molecule has 0 aliphatic heterocycles. The third kappa shape index (κ3) is 3.37. The van der Waals surface area contributed by atoms with Gasteiger partial charge in [0.05, 0.1) is 0 Å². The summed E-state index contributed by atoms with van der Waals surface area (Å²) in [6.07, 6.45) is 0. The van der Waals surface area contributed by atoms with Crippen LogP contribution in [0.3, 0.4) is 0 Å². The second kappa shape index (κ2) is 3.29. The Bertz CT molecular complexity index is 232. The summed E-state index contributed by atoms with van der Waals surface area (Å²) in [7, 11) is 0. The maximum atomic E-state index is 12.8. The van der Waals surface area contributed by atoms with Crippen molar-refractivity contribution in [3.8, 4) is 0 Å². The van der Waals surface area contributed by atoms with Gasteiger partial charge in [-0.2, -0.15) is 4.39 Å². The highest BCUT2D eigenvalue weighted by Gasteiger charge is 2.44. The van der Waals surface area contributed by atoms with E-state index in [1.807, 2.05) is 0 Å². The van der Waals surface area contributed by atoms with Gasteiger partial charge >= 0.3 is 5.85 Å². The number of carbonyl (C=O) groups excluding carboxylic acids is 2. The smallest absolute Gasteiger partial charge is 0.364 e. The van der Waals surface area contributed by atoms with Crippen LogP contribution in [0.15, 0.2) is 0 Å². The molecule has 0 aliphatic carbocycles. The van der Waals surface area contributed by atoms with Crippen molar-refractivity contribution >= 4 is 11.8 Å². The number of nitrogens with two attached hydrogens (primary N) is 1. The Morgan fingerprint density at radius 3 is 2.00 bits per heavy atom. The van der Waals surface area contributed by atoms with Gasteiger partial charge in [-0.1, -0.05) is 0 Å². The van der Waals surface area contributed by atoms with Crippen LogP contribution in [0, 0.1) is 0 Å². The molecular weight excluding hydrogens is 179 g/mol. The van der Waals surface area contributed by atoms with Gasteiger partial charge in [0, 0.05) is 5.54 Å². The van der Waals surface area contributed by atoms with Crippen molar-refractivity contribution in [2.75, 3.05) is 0 Å². The minimum atomic E-state index is -3.65. The van der Waals surface area contributed by atoms with Gasteiger partial charge < -0.3 is 16.2 Å². The Hall–Kier alpha value is -1.17. The zero-order valence-corrected chi connectivity index (χ0v) is 7.72. The molecule has 0 saturated heterocycles. The van der Waals surface area contributed by atoms with E-state index in [-0.39, 0.29) is 0 Å². The van der Waals surface area contributed by atoms with Gasteiger partial charge in [-0.3, -0.25) is 9.59 Å². The number of alkyl halides is 1. The van der Waals surface area contributed by atoms with Crippen LogP contribution < -0.4 is 11.1 Å². The van der Waals surface area contributed by atoms with Crippen molar-refractivity contribution in [2.45, 2.75) is 32.2 Å². The number of rotatable bonds is 2. The molecule has 0 aliphatic rings. The Morgan fingerprint density at radius 2 is 1.77 bits per heavy atom. The molecular formula is C7H13FN2O3. The summed E-state index contributed by atoms with van der Waals surface area (Å²) in [6.45, 7) is 4.71. The molecule has 1 unspecified atom stereocenters. The quantitative estimate of drug-likeness (QED) is 0.492. The highest BCUT2D eigenvalue weighted by Crippen LogP contribution is 2.08. The van der Waals surface area contributed by atoms with Crippen molar-refractivity contribution in [3.05, 3.63) is 0 Å². The Labute approximate surface area is 75.1 Å². The Kier molecular flexibility index (Phi) is 3.00. The first-order valence-electron chi connectivity index (χ1n) is 3.61. The van der Waals surface area contributed by atoms with Crippen molar-refractivity contribution in [1.82, 2.24) is 5.32 Å². The molecule has 0 rings (SSSR count). The molecule has 0 saturated carbocycles. The minimum absolute atomic E-state index is 0.743. The van der Waals surface area contributed by atoms with Crippen LogP contribution in [0.5, 0.6) is 0 Å². The second-order valence-electron chi connectivity index (χ2n) is 3.69. The molecule has 1 atom stereocenters. The standard InChI is InChI=1S/C7H13FN2O3/c1-6(2,3)10-5(12)7(8,13)4(9)11/h13H,1-3H3,(H2,9,11)(H,10,12). The summed E-state index contributed by atoms with van der Waals surface area (Å²) in [4.78, 5) is 21.2. The van der Waals surface area contributed by atoms with Crippen molar-refractivity contribution in [1.29, 1.82) is 0 Å². The van der Waals surface area contributed by atoms with E-state index in [0.29, 0.717) is 0 Å². The Morgan fingerprint density at radius 1 is 1.38 bits per heavy atom. The zero-order chi connectivity index (χ0) is 10.9. The Balaban J connectivity index is 4.53. The lowest BCUT2D eigenvalue weighted by Gasteiger charge is -2.23. The summed E-state index contributed by atoms with van der Waals surface area (Å²) in [5, 5.41) is 10.7. The predicted octanol–water partition coefficient (Wildman–Crippen LogP) is -0.955. The maximum absolute atomic E-state index is 12.8. The summed E-state index contributed by atoms with van der Waals surface area (Å²) < 4.78 is 12.8. The van der Waals surface area contributed by atoms with E-state index in [2.05, 4.69) is 11.1 Å². The molecule has 0 bridgehead atoms. The third-order valence-corrected chi connectivity index (χ3v) is 1.12. The van der Waals surface area contributed by atoms with Gasteiger partial charge in [-0.15, -0.1) is 0 Å². The van der Waals surface area contributed by atoms with E-state index in [1.54, 1.807) is 20.8 Å². The molecule has 0 spiro atoms. The molecule has 0 radical (unpaired) electrons. The normalized spacial score (nSPS) is 16.1. The fraction of sp³-hybridized carbons (Fsp3) is 0.714. The van der Waals surface area contributed by atoms with E-state index >= 15 is 0 Å². The van der Waals surface area contributed by atoms with Gasteiger partial charge in [0.15, 0.2) is 0 Å². The first-order chi connectivity index (χ1) is 5.57. The number of hydrogen-bond donors (Lipinski definition) is 3. The SMILES string of the molecule is CC(C)(C)NC(=O)C(O)(F)C(N)=O. The molecule has 0 aromatic rings. The van der Waals surface area contributed by atoms with Gasteiger partial charge in [0.1, 0.15) is 0 Å². The largest absolute Gasteiger partial charge is 0.364 e. The number of halogens is 1. The third-order valence-electron chi connectivity index (χ3n) is 1.12. The van der Waals surface area contributed by atoms with Gasteiger partial charge in [-0.05, 0) is 20.8 Å². The van der Waals surface area contributed by atoms with E-state index in [9.17, 15) is 14.0 Å². The van der Waals surface area contributed by atoms with E-state index in [4.69, 9.17) is 5.11 Å². The van der Waals surface area contributed by atoms with Crippen molar-refractivity contribution < 1.29 is 19.1 Å². The van der Waals surface area contributed by atoms with E-state index in [0.717, 1.165) is 0 Å². The van der Waals surface area contributed by atoms with Gasteiger partial charge in [0.2, 0.25) is 0 Å². The van der Waals surface area contributed by atoms with Crippen molar-refractivity contribution in [3.63, 3.8) is 0 Å². The second-order valence-corrected chi connectivity index (χ2v) is 3.69. The molecule has 13 heavy (non-hydrogen) atoms. The number of hydrogen-bond acceptors (Lipinski definition) is 3. The van der Waals surface area contributed by atoms with Crippen LogP contribution in [0.1, 0.15) is 20.8 Å². The van der Waals surface area contributed by atoms with Gasteiger partial charge in [0.25, 0.3) is 11.8 Å². The number of primary amides is 1. The van der Waals surface area contributed by atoms with Crippen LogP contribution >= 0.6 is 0 Å². The summed E-state index contributed by atoms with van der Waals surface area (Å²) >= 11 is 0. The molecule has 0 aromatic heterocycles. The molecule has 0 aromatic carbocycles. The lowest BCUT2D eigenvalue weighted by atomic mass is 10.1. The monoisotopic (exact) mass is 192 g/mol. The summed E-state index contributed by atoms with van der Waals surface area (Å²) in [5.41, 5.74) is 3.72. The minimum Gasteiger partial charge on any atom is -0.364 e. The molecule has 0 fully saturated rings. The zero-order valence-electron chi connectivity index (χ0n) is 7.72. The number of carbonyl (C=O) groups is 2. The van der Waals surface area contributed by atoms with Crippen LogP contribution in [-0.4, -0.2) is 28.3 Å². The average molecular weight is 192 g/mol. The van der Waals surface area contributed by atoms with Crippen LogP contribution in [0.25, 0.3) is 0 Å². The molecule has 2 amide bonds. The fourth-order valence-corrected chi connectivity index (χ4v) is 0.535. The molecule has 76 valence electrons. The van der Waals surface area contributed by atoms with Crippen LogP contribution in [0.2, 0.25) is 0 Å². The lowest BCUT2D eigenvalue weighted by molar-refractivity contribution is -0.172. The first-order valence-corrected chi connectivity index (χ1v) is 3.61. The van der Waals surface area contributed by atoms with Crippen molar-refractivity contribution in [2.24, 2.45) is 5.73 Å². The summed E-state index contributed by atoms with van der Waals surface area (Å²) in [6, 6.07) is 0. The highest BCUT2D eigenvalue weighted by molar-refractivity contribution is 6.05. The van der Waals surface area contributed by atoms with E-state index < -0.39 is 23.2 Å². The van der Waals surface area contributed by atoms with Gasteiger partial charge in [-0.25, -0.2) is 0 Å². The van der Waals surface area contributed by atoms with Crippen LogP contribution in [0.4, 0.5) is 4.39 Å². The topological polar surface area (TPSA) is 92.4 Å². The first kappa shape index (κ1) is 11.8. The summed E-state index contributed by atoms with van der Waals surface area (Å²) in [5.74, 6) is -6.82. The number of amides is 2. The number of nitrogens with one attached hydrogen (secondary N) is 1. The average Bonchev–Trinajstić information content (AvgIpc) is 1.82. The maximum Gasteiger partial charge on any atom is 0.364 e. The van der Waals surface area contributed by atoms with Crippen LogP contribution in [-0.2, 0) is 9.59 Å². The van der Waals surface area contributed by atoms with E-state index in [1.165, 1.54) is 0 Å².